The van der Waals surface area contributed by atoms with Gasteiger partial charge >= 0.3 is 0 Å². The highest BCUT2D eigenvalue weighted by atomic mass is 16.5. The van der Waals surface area contributed by atoms with E-state index in [-0.39, 0.29) is 5.60 Å². The Labute approximate surface area is 104 Å². The van der Waals surface area contributed by atoms with E-state index in [9.17, 15) is 0 Å². The Morgan fingerprint density at radius 2 is 2.18 bits per heavy atom. The van der Waals surface area contributed by atoms with E-state index < -0.39 is 0 Å². The molecule has 1 heterocycles. The predicted octanol–water partition coefficient (Wildman–Crippen LogP) is 2.58. The van der Waals surface area contributed by atoms with Gasteiger partial charge in [-0.25, -0.2) is 0 Å². The van der Waals surface area contributed by atoms with Crippen LogP contribution in [0.25, 0.3) is 0 Å². The van der Waals surface area contributed by atoms with E-state index in [1.54, 1.807) is 7.11 Å². The number of hydrogen-bond donors (Lipinski definition) is 1. The van der Waals surface area contributed by atoms with Crippen molar-refractivity contribution in [2.24, 2.45) is 0 Å². The number of ether oxygens (including phenoxy) is 1. The van der Waals surface area contributed by atoms with Crippen LogP contribution >= 0.6 is 0 Å². The molecule has 2 rings (SSSR count). The van der Waals surface area contributed by atoms with E-state index in [0.717, 1.165) is 37.3 Å². The van der Waals surface area contributed by atoms with Crippen LogP contribution in [0.3, 0.4) is 0 Å². The molecule has 1 aliphatic rings. The predicted molar refractivity (Wildman–Crippen MR) is 72.5 cm³/mol. The number of anilines is 2. The molecule has 0 bridgehead atoms. The summed E-state index contributed by atoms with van der Waals surface area (Å²) in [4.78, 5) is 2.34. The van der Waals surface area contributed by atoms with Gasteiger partial charge in [0, 0.05) is 20.2 Å². The molecule has 0 saturated carbocycles. The second-order valence-electron chi connectivity index (χ2n) is 5.24. The van der Waals surface area contributed by atoms with Crippen molar-refractivity contribution in [2.75, 3.05) is 30.8 Å². The van der Waals surface area contributed by atoms with E-state index in [4.69, 9.17) is 10.5 Å². The lowest BCUT2D eigenvalue weighted by molar-refractivity contribution is -0.00462. The van der Waals surface area contributed by atoms with Crippen molar-refractivity contribution < 1.29 is 4.74 Å². The van der Waals surface area contributed by atoms with Crippen molar-refractivity contribution in [3.63, 3.8) is 0 Å². The summed E-state index contributed by atoms with van der Waals surface area (Å²) in [7, 11) is 1.79. The molecule has 2 N–H and O–H groups in total. The fourth-order valence-corrected chi connectivity index (χ4v) is 2.51. The van der Waals surface area contributed by atoms with Crippen molar-refractivity contribution in [1.29, 1.82) is 0 Å². The van der Waals surface area contributed by atoms with Crippen LogP contribution in [0.15, 0.2) is 18.2 Å². The Bertz CT molecular complexity index is 405. The number of nitrogens with two attached hydrogens (primary N) is 1. The van der Waals surface area contributed by atoms with E-state index in [0.29, 0.717) is 0 Å². The van der Waals surface area contributed by atoms with Gasteiger partial charge in [0.1, 0.15) is 0 Å². The number of nitrogens with zero attached hydrogens (tertiary/aromatic N) is 1. The third kappa shape index (κ3) is 2.55. The molecule has 0 spiro atoms. The van der Waals surface area contributed by atoms with Gasteiger partial charge in [-0.05, 0) is 44.4 Å². The van der Waals surface area contributed by atoms with Crippen LogP contribution in [0.4, 0.5) is 11.4 Å². The summed E-state index contributed by atoms with van der Waals surface area (Å²) in [6.07, 6.45) is 2.27. The number of methoxy groups -OCH3 is 1. The van der Waals surface area contributed by atoms with Gasteiger partial charge < -0.3 is 15.4 Å². The highest BCUT2D eigenvalue weighted by Gasteiger charge is 2.31. The van der Waals surface area contributed by atoms with Crippen LogP contribution in [-0.2, 0) is 4.74 Å². The highest BCUT2D eigenvalue weighted by Crippen LogP contribution is 2.31. The van der Waals surface area contributed by atoms with Crippen molar-refractivity contribution in [1.82, 2.24) is 0 Å². The maximum Gasteiger partial charge on any atom is 0.0825 e. The second-order valence-corrected chi connectivity index (χ2v) is 5.24. The van der Waals surface area contributed by atoms with E-state index in [1.165, 1.54) is 5.56 Å². The average Bonchev–Trinajstić information content (AvgIpc) is 2.32. The molecule has 1 fully saturated rings. The van der Waals surface area contributed by atoms with Crippen LogP contribution in [-0.4, -0.2) is 25.8 Å². The van der Waals surface area contributed by atoms with Gasteiger partial charge in [0.15, 0.2) is 0 Å². The standard InChI is InChI=1S/C14H22N2O/c1-11-5-6-12(15)13(9-11)16-8-4-7-14(2,10-16)17-3/h5-6,9H,4,7-8,10,15H2,1-3H3. The van der Waals surface area contributed by atoms with E-state index >= 15 is 0 Å². The molecule has 1 atom stereocenters. The van der Waals surface area contributed by atoms with Gasteiger partial charge in [0.2, 0.25) is 0 Å². The topological polar surface area (TPSA) is 38.5 Å². The lowest BCUT2D eigenvalue weighted by Crippen LogP contribution is -2.47. The number of hydrogen-bond acceptors (Lipinski definition) is 3. The zero-order valence-corrected chi connectivity index (χ0v) is 11.0. The lowest BCUT2D eigenvalue weighted by atomic mass is 9.94. The number of benzene rings is 1. The van der Waals surface area contributed by atoms with Crippen molar-refractivity contribution in [3.05, 3.63) is 23.8 Å². The molecule has 0 aliphatic carbocycles. The monoisotopic (exact) mass is 234 g/mol. The molecule has 0 aromatic heterocycles. The normalized spacial score (nSPS) is 25.0. The first kappa shape index (κ1) is 12.2. The van der Waals surface area contributed by atoms with Crippen LogP contribution < -0.4 is 10.6 Å². The Kier molecular flexibility index (Phi) is 3.29. The number of rotatable bonds is 2. The maximum absolute atomic E-state index is 6.07. The lowest BCUT2D eigenvalue weighted by Gasteiger charge is -2.41. The summed E-state index contributed by atoms with van der Waals surface area (Å²) in [5.74, 6) is 0. The number of aryl methyl sites for hydroxylation is 1. The molecule has 1 aromatic rings. The second kappa shape index (κ2) is 4.57. The summed E-state index contributed by atoms with van der Waals surface area (Å²) in [6.45, 7) is 6.25. The molecule has 94 valence electrons. The minimum atomic E-state index is -0.0472. The van der Waals surface area contributed by atoms with Crippen molar-refractivity contribution >= 4 is 11.4 Å². The molecule has 0 amide bonds. The summed E-state index contributed by atoms with van der Waals surface area (Å²) < 4.78 is 5.62. The maximum atomic E-state index is 6.07. The SMILES string of the molecule is COC1(C)CCCN(c2cc(C)ccc2N)C1. The quantitative estimate of drug-likeness (QED) is 0.799. The molecule has 1 aromatic carbocycles. The Balaban J connectivity index is 2.24. The molecule has 1 unspecified atom stereocenters. The molecule has 17 heavy (non-hydrogen) atoms. The summed E-state index contributed by atoms with van der Waals surface area (Å²) in [5, 5.41) is 0. The Morgan fingerprint density at radius 1 is 1.41 bits per heavy atom. The van der Waals surface area contributed by atoms with Crippen LogP contribution in [0, 0.1) is 6.92 Å². The van der Waals surface area contributed by atoms with Gasteiger partial charge in [0.25, 0.3) is 0 Å². The smallest absolute Gasteiger partial charge is 0.0825 e. The average molecular weight is 234 g/mol. The molecular formula is C14H22N2O. The Hall–Kier alpha value is -1.22. The van der Waals surface area contributed by atoms with Crippen LogP contribution in [0.5, 0.6) is 0 Å². The first-order chi connectivity index (χ1) is 8.04. The van der Waals surface area contributed by atoms with Gasteiger partial charge in [-0.1, -0.05) is 6.07 Å². The van der Waals surface area contributed by atoms with E-state index in [1.807, 2.05) is 6.07 Å². The van der Waals surface area contributed by atoms with Gasteiger partial charge in [-0.3, -0.25) is 0 Å². The molecule has 0 radical (unpaired) electrons. The van der Waals surface area contributed by atoms with Gasteiger partial charge in [-0.15, -0.1) is 0 Å². The van der Waals surface area contributed by atoms with Crippen molar-refractivity contribution in [3.8, 4) is 0 Å². The fourth-order valence-electron chi connectivity index (χ4n) is 2.51. The third-order valence-corrected chi connectivity index (χ3v) is 3.68. The molecule has 1 aliphatic heterocycles. The van der Waals surface area contributed by atoms with Crippen molar-refractivity contribution in [2.45, 2.75) is 32.3 Å². The third-order valence-electron chi connectivity index (χ3n) is 3.68. The minimum Gasteiger partial charge on any atom is -0.397 e. The molecule has 3 heteroatoms. The fraction of sp³-hybridized carbons (Fsp3) is 0.571. The zero-order chi connectivity index (χ0) is 12.5. The first-order valence-corrected chi connectivity index (χ1v) is 6.20. The first-order valence-electron chi connectivity index (χ1n) is 6.20. The Morgan fingerprint density at radius 3 is 2.88 bits per heavy atom. The minimum absolute atomic E-state index is 0.0472. The van der Waals surface area contributed by atoms with E-state index in [2.05, 4.69) is 30.9 Å². The largest absolute Gasteiger partial charge is 0.397 e. The zero-order valence-electron chi connectivity index (χ0n) is 11.0. The van der Waals surface area contributed by atoms with Gasteiger partial charge in [0.05, 0.1) is 17.0 Å². The van der Waals surface area contributed by atoms with Crippen LogP contribution in [0.2, 0.25) is 0 Å². The highest BCUT2D eigenvalue weighted by molar-refractivity contribution is 5.68. The summed E-state index contributed by atoms with van der Waals surface area (Å²) in [6, 6.07) is 6.21. The van der Waals surface area contributed by atoms with Crippen LogP contribution in [0.1, 0.15) is 25.3 Å². The van der Waals surface area contributed by atoms with Gasteiger partial charge in [-0.2, -0.15) is 0 Å². The molecule has 3 nitrogen and oxygen atoms in total. The number of nitrogen functional groups attached to an aromatic ring is 1. The molecule has 1 saturated heterocycles. The summed E-state index contributed by atoms with van der Waals surface area (Å²) in [5.41, 5.74) is 9.27. The summed E-state index contributed by atoms with van der Waals surface area (Å²) >= 11 is 0. The number of piperidine rings is 1. The molecular weight excluding hydrogens is 212 g/mol.